The Labute approximate surface area is 156 Å². The Morgan fingerprint density at radius 3 is 2.85 bits per heavy atom. The highest BCUT2D eigenvalue weighted by Crippen LogP contribution is 2.33. The molecule has 2 aromatic rings. The first-order chi connectivity index (χ1) is 12.9. The molecule has 27 heavy (non-hydrogen) atoms. The zero-order valence-corrected chi connectivity index (χ0v) is 15.5. The molecule has 2 fully saturated rings. The number of rotatable bonds is 3. The molecule has 3 N–H and O–H groups in total. The number of nitrogens with one attached hydrogen (secondary N) is 3. The summed E-state index contributed by atoms with van der Waals surface area (Å²) in [6.07, 6.45) is 1.60. The number of hydrogen-bond donors (Lipinski definition) is 3. The summed E-state index contributed by atoms with van der Waals surface area (Å²) in [5, 5.41) is 14.1. The molecule has 2 aliphatic rings. The summed E-state index contributed by atoms with van der Waals surface area (Å²) in [4.78, 5) is 23.6. The third-order valence-electron chi connectivity index (χ3n) is 5.66. The summed E-state index contributed by atoms with van der Waals surface area (Å²) in [6, 6.07) is 3.43. The smallest absolute Gasteiger partial charge is 0.235 e. The average molecular weight is 373 g/mol. The molecule has 0 aliphatic carbocycles. The molecular weight excluding hydrogens is 349 g/mol. The van der Waals surface area contributed by atoms with Crippen LogP contribution in [0.3, 0.4) is 0 Å². The van der Waals surface area contributed by atoms with E-state index in [2.05, 4.69) is 28.0 Å². The van der Waals surface area contributed by atoms with Crippen LogP contribution in [0.25, 0.3) is 10.9 Å². The van der Waals surface area contributed by atoms with E-state index >= 15 is 0 Å². The van der Waals surface area contributed by atoms with Gasteiger partial charge < -0.3 is 10.6 Å². The van der Waals surface area contributed by atoms with E-state index in [1.54, 1.807) is 17.8 Å². The minimum atomic E-state index is -0.533. The monoisotopic (exact) mass is 373 g/mol. The predicted molar refractivity (Wildman–Crippen MR) is 99.9 cm³/mol. The highest BCUT2D eigenvalue weighted by Gasteiger charge is 2.32. The van der Waals surface area contributed by atoms with Crippen LogP contribution in [-0.4, -0.2) is 40.7 Å². The van der Waals surface area contributed by atoms with Gasteiger partial charge in [0.25, 0.3) is 0 Å². The first kappa shape index (κ1) is 17.9. The largest absolute Gasteiger partial charge is 0.380 e. The number of carbonyl (C=O) groups is 2. The van der Waals surface area contributed by atoms with Gasteiger partial charge in [-0.1, -0.05) is 6.92 Å². The van der Waals surface area contributed by atoms with E-state index in [4.69, 9.17) is 0 Å². The number of amides is 2. The molecule has 4 rings (SSSR count). The molecule has 3 heterocycles. The normalized spacial score (nSPS) is 26.3. The van der Waals surface area contributed by atoms with E-state index in [1.165, 1.54) is 6.07 Å². The zero-order chi connectivity index (χ0) is 19.1. The van der Waals surface area contributed by atoms with Crippen LogP contribution in [0.4, 0.5) is 10.1 Å². The molecule has 2 aliphatic heterocycles. The average Bonchev–Trinajstić information content (AvgIpc) is 2.93. The van der Waals surface area contributed by atoms with Gasteiger partial charge in [0.2, 0.25) is 11.8 Å². The number of nitrogens with zero attached hydrogens (tertiary/aromatic N) is 2. The number of fused-ring (bicyclic) bond motifs is 1. The summed E-state index contributed by atoms with van der Waals surface area (Å²) in [5.74, 6) is -1.12. The number of aryl methyl sites for hydroxylation is 1. The van der Waals surface area contributed by atoms with Gasteiger partial charge in [-0.2, -0.15) is 5.10 Å². The van der Waals surface area contributed by atoms with Gasteiger partial charge in [-0.15, -0.1) is 0 Å². The molecule has 144 valence electrons. The lowest BCUT2D eigenvalue weighted by atomic mass is 9.92. The van der Waals surface area contributed by atoms with E-state index in [-0.39, 0.29) is 30.1 Å². The lowest BCUT2D eigenvalue weighted by Gasteiger charge is -2.31. The van der Waals surface area contributed by atoms with Crippen LogP contribution in [0.15, 0.2) is 12.1 Å². The van der Waals surface area contributed by atoms with Gasteiger partial charge in [-0.05, 0) is 44.0 Å². The lowest BCUT2D eigenvalue weighted by molar-refractivity contribution is -0.134. The molecule has 0 saturated carbocycles. The minimum absolute atomic E-state index is 0.209. The predicted octanol–water partition coefficient (Wildman–Crippen LogP) is 1.64. The molecule has 0 bridgehead atoms. The first-order valence-corrected chi connectivity index (χ1v) is 9.41. The number of imide groups is 1. The number of halogens is 1. The molecule has 8 heteroatoms. The SMILES string of the molecule is C[C@@H]1CNCC[C@H]1Nc1cc2c(cc1F)c(C1CCC(=O)NC1=O)nn2C. The second kappa shape index (κ2) is 6.92. The molecule has 0 spiro atoms. The summed E-state index contributed by atoms with van der Waals surface area (Å²) in [5.41, 5.74) is 1.75. The maximum atomic E-state index is 14.8. The van der Waals surface area contributed by atoms with E-state index in [1.807, 2.05) is 0 Å². The van der Waals surface area contributed by atoms with Crippen molar-refractivity contribution in [3.05, 3.63) is 23.6 Å². The summed E-state index contributed by atoms with van der Waals surface area (Å²) >= 11 is 0. The number of piperidine rings is 2. The Bertz CT molecular complexity index is 909. The van der Waals surface area contributed by atoms with Crippen molar-refractivity contribution in [1.29, 1.82) is 0 Å². The van der Waals surface area contributed by atoms with Crippen LogP contribution in [0, 0.1) is 11.7 Å². The van der Waals surface area contributed by atoms with E-state index in [0.717, 1.165) is 25.0 Å². The van der Waals surface area contributed by atoms with Gasteiger partial charge in [-0.25, -0.2) is 4.39 Å². The van der Waals surface area contributed by atoms with Crippen molar-refractivity contribution in [2.45, 2.75) is 38.1 Å². The molecule has 2 amide bonds. The van der Waals surface area contributed by atoms with Gasteiger partial charge in [-0.3, -0.25) is 19.6 Å². The highest BCUT2D eigenvalue weighted by molar-refractivity contribution is 6.02. The Kier molecular flexibility index (Phi) is 4.59. The standard InChI is InChI=1S/C19H24FN5O2/c1-10-9-21-6-5-14(10)22-15-8-16-12(7-13(15)20)18(24-25(16)2)11-3-4-17(26)23-19(11)27/h7-8,10-11,14,21-22H,3-6,9H2,1-2H3,(H,23,26,27)/t10-,11?,14-/m1/s1. The van der Waals surface area contributed by atoms with Crippen molar-refractivity contribution in [2.75, 3.05) is 18.4 Å². The van der Waals surface area contributed by atoms with Gasteiger partial charge >= 0.3 is 0 Å². The fraction of sp³-hybridized carbons (Fsp3) is 0.526. The second-order valence-electron chi connectivity index (χ2n) is 7.58. The second-order valence-corrected chi connectivity index (χ2v) is 7.58. The van der Waals surface area contributed by atoms with Crippen LogP contribution in [0.1, 0.15) is 37.8 Å². The van der Waals surface area contributed by atoms with Gasteiger partial charge in [0.05, 0.1) is 22.8 Å². The number of aromatic nitrogens is 2. The van der Waals surface area contributed by atoms with Gasteiger partial charge in [0, 0.05) is 24.9 Å². The Morgan fingerprint density at radius 2 is 2.11 bits per heavy atom. The molecular formula is C19H24FN5O2. The fourth-order valence-corrected chi connectivity index (χ4v) is 4.05. The van der Waals surface area contributed by atoms with Crippen LogP contribution in [-0.2, 0) is 16.6 Å². The maximum Gasteiger partial charge on any atom is 0.235 e. The van der Waals surface area contributed by atoms with Crippen molar-refractivity contribution in [2.24, 2.45) is 13.0 Å². The third-order valence-corrected chi connectivity index (χ3v) is 5.66. The van der Waals surface area contributed by atoms with E-state index < -0.39 is 5.92 Å². The van der Waals surface area contributed by atoms with Crippen LogP contribution >= 0.6 is 0 Å². The minimum Gasteiger partial charge on any atom is -0.380 e. The summed E-state index contributed by atoms with van der Waals surface area (Å²) < 4.78 is 16.5. The van der Waals surface area contributed by atoms with E-state index in [9.17, 15) is 14.0 Å². The van der Waals surface area contributed by atoms with Crippen molar-refractivity contribution >= 4 is 28.4 Å². The lowest BCUT2D eigenvalue weighted by Crippen LogP contribution is -2.42. The summed E-state index contributed by atoms with van der Waals surface area (Å²) in [7, 11) is 1.78. The summed E-state index contributed by atoms with van der Waals surface area (Å²) in [6.45, 7) is 3.97. The highest BCUT2D eigenvalue weighted by atomic mass is 19.1. The third kappa shape index (κ3) is 3.29. The van der Waals surface area contributed by atoms with Crippen molar-refractivity contribution in [1.82, 2.24) is 20.4 Å². The van der Waals surface area contributed by atoms with Crippen molar-refractivity contribution in [3.8, 4) is 0 Å². The quantitative estimate of drug-likeness (QED) is 0.712. The van der Waals surface area contributed by atoms with Gasteiger partial charge in [0.1, 0.15) is 5.82 Å². The fourth-order valence-electron chi connectivity index (χ4n) is 4.05. The van der Waals surface area contributed by atoms with Crippen LogP contribution in [0.5, 0.6) is 0 Å². The molecule has 0 radical (unpaired) electrons. The maximum absolute atomic E-state index is 14.8. The van der Waals surface area contributed by atoms with E-state index in [0.29, 0.717) is 29.1 Å². The number of benzene rings is 1. The molecule has 1 aromatic heterocycles. The Balaban J connectivity index is 1.68. The molecule has 2 saturated heterocycles. The molecule has 7 nitrogen and oxygen atoms in total. The van der Waals surface area contributed by atoms with Crippen molar-refractivity contribution in [3.63, 3.8) is 0 Å². The van der Waals surface area contributed by atoms with Crippen LogP contribution < -0.4 is 16.0 Å². The number of hydrogen-bond acceptors (Lipinski definition) is 5. The molecule has 1 unspecified atom stereocenters. The molecule has 1 aromatic carbocycles. The van der Waals surface area contributed by atoms with Crippen LogP contribution in [0.2, 0.25) is 0 Å². The topological polar surface area (TPSA) is 88.0 Å². The zero-order valence-electron chi connectivity index (χ0n) is 15.5. The molecule has 3 atom stereocenters. The number of anilines is 1. The Hall–Kier alpha value is -2.48. The first-order valence-electron chi connectivity index (χ1n) is 9.41. The number of carbonyl (C=O) groups excluding carboxylic acids is 2. The Morgan fingerprint density at radius 1 is 1.30 bits per heavy atom. The van der Waals surface area contributed by atoms with Gasteiger partial charge in [0.15, 0.2) is 0 Å². The van der Waals surface area contributed by atoms with Crippen molar-refractivity contribution < 1.29 is 14.0 Å².